The Bertz CT molecular complexity index is 1060. The Balaban J connectivity index is 1.51. The smallest absolute Gasteiger partial charge is 0.232 e. The van der Waals surface area contributed by atoms with Crippen LogP contribution < -0.4 is 25.4 Å². The van der Waals surface area contributed by atoms with Gasteiger partial charge in [-0.05, 0) is 36.2 Å². The molecule has 1 unspecified atom stereocenters. The minimum Gasteiger partial charge on any atom is -0.493 e. The molecule has 0 amide bonds. The number of nitrogen functional groups attached to an aromatic ring is 1. The number of ether oxygens (including phenoxy) is 2. The molecule has 156 valence electrons. The third-order valence-corrected chi connectivity index (χ3v) is 5.39. The maximum atomic E-state index is 5.96. The minimum atomic E-state index is 0.222. The fourth-order valence-corrected chi connectivity index (χ4v) is 3.81. The average molecular weight is 407 g/mol. The number of nitrogens with one attached hydrogen (secondary N) is 2. The van der Waals surface area contributed by atoms with Crippen molar-refractivity contribution in [2.45, 2.75) is 26.4 Å². The summed E-state index contributed by atoms with van der Waals surface area (Å²) in [4.78, 5) is 14.6. The highest BCUT2D eigenvalue weighted by Crippen LogP contribution is 2.31. The van der Waals surface area contributed by atoms with Crippen LogP contribution in [0.4, 0.5) is 17.6 Å². The van der Waals surface area contributed by atoms with Gasteiger partial charge in [-0.3, -0.25) is 0 Å². The number of benzene rings is 2. The molecule has 1 aliphatic rings. The average Bonchev–Trinajstić information content (AvgIpc) is 2.74. The van der Waals surface area contributed by atoms with Crippen molar-refractivity contribution in [1.82, 2.24) is 15.0 Å². The van der Waals surface area contributed by atoms with Crippen molar-refractivity contribution in [2.75, 3.05) is 31.8 Å². The number of rotatable bonds is 6. The lowest BCUT2D eigenvalue weighted by Crippen LogP contribution is -3.10. The van der Waals surface area contributed by atoms with E-state index in [4.69, 9.17) is 15.2 Å². The number of anilines is 3. The van der Waals surface area contributed by atoms with Crippen molar-refractivity contribution in [3.05, 3.63) is 58.9 Å². The zero-order valence-corrected chi connectivity index (χ0v) is 17.5. The second-order valence-electron chi connectivity index (χ2n) is 7.45. The Morgan fingerprint density at radius 3 is 2.50 bits per heavy atom. The van der Waals surface area contributed by atoms with E-state index in [0.717, 1.165) is 42.3 Å². The zero-order valence-electron chi connectivity index (χ0n) is 17.5. The van der Waals surface area contributed by atoms with Crippen LogP contribution >= 0.6 is 0 Å². The molecule has 2 heterocycles. The summed E-state index contributed by atoms with van der Waals surface area (Å²) >= 11 is 0. The van der Waals surface area contributed by atoms with E-state index >= 15 is 0 Å². The van der Waals surface area contributed by atoms with Crippen molar-refractivity contribution >= 4 is 17.6 Å². The second-order valence-corrected chi connectivity index (χ2v) is 7.45. The summed E-state index contributed by atoms with van der Waals surface area (Å²) in [5, 5.41) is 3.25. The van der Waals surface area contributed by atoms with E-state index in [1.165, 1.54) is 16.0 Å². The molecule has 4 rings (SSSR count). The van der Waals surface area contributed by atoms with Crippen LogP contribution in [0.5, 0.6) is 11.5 Å². The first-order valence-corrected chi connectivity index (χ1v) is 9.96. The van der Waals surface area contributed by atoms with Crippen LogP contribution in [-0.2, 0) is 19.5 Å². The van der Waals surface area contributed by atoms with Crippen LogP contribution in [0.1, 0.15) is 22.5 Å². The number of aromatic nitrogens is 3. The van der Waals surface area contributed by atoms with Gasteiger partial charge in [0.2, 0.25) is 11.9 Å². The molecule has 30 heavy (non-hydrogen) atoms. The number of hydrogen-bond acceptors (Lipinski definition) is 7. The number of para-hydroxylation sites is 1. The van der Waals surface area contributed by atoms with Crippen LogP contribution in [0.15, 0.2) is 36.4 Å². The van der Waals surface area contributed by atoms with E-state index < -0.39 is 0 Å². The number of hydrogen-bond donors (Lipinski definition) is 3. The maximum Gasteiger partial charge on any atom is 0.232 e. The molecule has 0 spiro atoms. The first-order chi connectivity index (χ1) is 14.6. The maximum absolute atomic E-state index is 5.96. The lowest BCUT2D eigenvalue weighted by atomic mass is 9.99. The Hall–Kier alpha value is -3.39. The Labute approximate surface area is 176 Å². The number of quaternary nitrogens is 1. The fourth-order valence-electron chi connectivity index (χ4n) is 3.81. The summed E-state index contributed by atoms with van der Waals surface area (Å²) in [6, 6.07) is 12.1. The lowest BCUT2D eigenvalue weighted by Gasteiger charge is -2.26. The molecule has 0 bridgehead atoms. The van der Waals surface area contributed by atoms with Gasteiger partial charge in [0.25, 0.3) is 0 Å². The topological polar surface area (TPSA) is 99.6 Å². The Kier molecular flexibility index (Phi) is 5.67. The summed E-state index contributed by atoms with van der Waals surface area (Å²) in [6.07, 6.45) is 0.958. The van der Waals surface area contributed by atoms with Crippen molar-refractivity contribution in [1.29, 1.82) is 0 Å². The largest absolute Gasteiger partial charge is 0.493 e. The highest BCUT2D eigenvalue weighted by molar-refractivity contribution is 5.58. The zero-order chi connectivity index (χ0) is 21.1. The molecule has 0 saturated carbocycles. The van der Waals surface area contributed by atoms with Gasteiger partial charge in [-0.25, -0.2) is 0 Å². The Morgan fingerprint density at radius 1 is 1.03 bits per heavy atom. The molecule has 2 aromatic carbocycles. The molecule has 4 N–H and O–H groups in total. The van der Waals surface area contributed by atoms with E-state index in [0.29, 0.717) is 18.3 Å². The van der Waals surface area contributed by atoms with Crippen LogP contribution in [0.2, 0.25) is 0 Å². The van der Waals surface area contributed by atoms with Gasteiger partial charge in [0.1, 0.15) is 13.1 Å². The van der Waals surface area contributed by atoms with Crippen LogP contribution in [0, 0.1) is 6.92 Å². The molecular formula is C22H27N6O2+. The van der Waals surface area contributed by atoms with Crippen molar-refractivity contribution in [2.24, 2.45) is 0 Å². The molecule has 8 nitrogen and oxygen atoms in total. The van der Waals surface area contributed by atoms with Crippen LogP contribution in [0.25, 0.3) is 0 Å². The quantitative estimate of drug-likeness (QED) is 0.571. The number of aryl methyl sites for hydroxylation is 1. The first-order valence-electron chi connectivity index (χ1n) is 9.96. The summed E-state index contributed by atoms with van der Waals surface area (Å²) in [5.74, 6) is 2.90. The SMILES string of the molecule is COc1cc2c(cc1OC)C[NH+](Cc1nc(N)nc(Nc3ccccc3C)n1)CC2. The number of methoxy groups -OCH3 is 2. The number of fused-ring (bicyclic) bond motifs is 1. The summed E-state index contributed by atoms with van der Waals surface area (Å²) in [5.41, 5.74) is 10.6. The van der Waals surface area contributed by atoms with Gasteiger partial charge in [-0.15, -0.1) is 0 Å². The lowest BCUT2D eigenvalue weighted by molar-refractivity contribution is -0.930. The van der Waals surface area contributed by atoms with Gasteiger partial charge >= 0.3 is 0 Å². The van der Waals surface area contributed by atoms with E-state index in [9.17, 15) is 0 Å². The van der Waals surface area contributed by atoms with Gasteiger partial charge in [-0.1, -0.05) is 18.2 Å². The second kappa shape index (κ2) is 8.54. The third-order valence-electron chi connectivity index (χ3n) is 5.39. The summed E-state index contributed by atoms with van der Waals surface area (Å²) in [7, 11) is 3.33. The summed E-state index contributed by atoms with van der Waals surface area (Å²) in [6.45, 7) is 4.55. The number of nitrogens with zero attached hydrogens (tertiary/aromatic N) is 3. The van der Waals surface area contributed by atoms with Gasteiger partial charge in [0.05, 0.1) is 20.8 Å². The first kappa shape index (κ1) is 19.9. The molecule has 3 aromatic rings. The van der Waals surface area contributed by atoms with Crippen molar-refractivity contribution in [3.8, 4) is 11.5 Å². The molecule has 0 aliphatic carbocycles. The summed E-state index contributed by atoms with van der Waals surface area (Å²) < 4.78 is 10.9. The van der Waals surface area contributed by atoms with E-state index in [1.54, 1.807) is 14.2 Å². The monoisotopic (exact) mass is 407 g/mol. The Morgan fingerprint density at radius 2 is 1.77 bits per heavy atom. The third kappa shape index (κ3) is 4.28. The molecule has 1 aliphatic heterocycles. The van der Waals surface area contributed by atoms with E-state index in [1.807, 2.05) is 31.2 Å². The predicted octanol–water partition coefficient (Wildman–Crippen LogP) is 1.66. The van der Waals surface area contributed by atoms with Gasteiger partial charge in [0, 0.05) is 17.7 Å². The molecule has 0 fully saturated rings. The molecular weight excluding hydrogens is 380 g/mol. The molecule has 8 heteroatoms. The predicted molar refractivity (Wildman–Crippen MR) is 115 cm³/mol. The molecule has 0 saturated heterocycles. The van der Waals surface area contributed by atoms with Gasteiger partial charge < -0.3 is 25.4 Å². The highest BCUT2D eigenvalue weighted by atomic mass is 16.5. The standard InChI is InChI=1S/C22H26N6O2/c1-14-6-4-5-7-17(14)24-22-26-20(25-21(23)27-22)13-28-9-8-15-10-18(29-2)19(30-3)11-16(15)12-28/h4-7,10-11H,8-9,12-13H2,1-3H3,(H3,23,24,25,26,27)/p+1. The van der Waals surface area contributed by atoms with Gasteiger partial charge in [0.15, 0.2) is 17.3 Å². The van der Waals surface area contributed by atoms with Crippen molar-refractivity contribution in [3.63, 3.8) is 0 Å². The van der Waals surface area contributed by atoms with E-state index in [-0.39, 0.29) is 5.95 Å². The molecule has 1 aromatic heterocycles. The van der Waals surface area contributed by atoms with Gasteiger partial charge in [-0.2, -0.15) is 15.0 Å². The molecule has 1 atom stereocenters. The minimum absolute atomic E-state index is 0.222. The van der Waals surface area contributed by atoms with Crippen LogP contribution in [-0.4, -0.2) is 35.7 Å². The van der Waals surface area contributed by atoms with Crippen LogP contribution in [0.3, 0.4) is 0 Å². The highest BCUT2D eigenvalue weighted by Gasteiger charge is 2.23. The normalized spacial score (nSPS) is 15.4. The van der Waals surface area contributed by atoms with E-state index in [2.05, 4.69) is 32.4 Å². The fraction of sp³-hybridized carbons (Fsp3) is 0.318. The number of nitrogens with two attached hydrogens (primary N) is 1. The van der Waals surface area contributed by atoms with Crippen molar-refractivity contribution < 1.29 is 14.4 Å². The molecule has 0 radical (unpaired) electrons.